The Morgan fingerprint density at radius 1 is 1.18 bits per heavy atom. The summed E-state index contributed by atoms with van der Waals surface area (Å²) in [6.07, 6.45) is 1.91. The van der Waals surface area contributed by atoms with Crippen LogP contribution in [0.2, 0.25) is 0 Å². The molecular weight excluding hydrogens is 218 g/mol. The molecule has 102 valence electrons. The number of hydrogen-bond donors (Lipinski definition) is 2. The fraction of sp³-hybridized carbons (Fsp3) is 0.923. The van der Waals surface area contributed by atoms with E-state index >= 15 is 0 Å². The molecule has 17 heavy (non-hydrogen) atoms. The minimum absolute atomic E-state index is 0.00211. The smallest absolute Gasteiger partial charge is 0.303 e. The molecule has 3 N–H and O–H groups in total. The summed E-state index contributed by atoms with van der Waals surface area (Å²) in [4.78, 5) is 10.8. The van der Waals surface area contributed by atoms with Crippen molar-refractivity contribution in [2.45, 2.75) is 47.0 Å². The summed E-state index contributed by atoms with van der Waals surface area (Å²) >= 11 is 0. The molecule has 0 fully saturated rings. The van der Waals surface area contributed by atoms with Gasteiger partial charge in [-0.1, -0.05) is 27.7 Å². The number of carboxylic acids is 1. The van der Waals surface area contributed by atoms with Gasteiger partial charge in [-0.2, -0.15) is 0 Å². The first kappa shape index (κ1) is 16.4. The van der Waals surface area contributed by atoms with E-state index in [2.05, 4.69) is 13.8 Å². The van der Waals surface area contributed by atoms with Crippen LogP contribution in [0.4, 0.5) is 0 Å². The van der Waals surface area contributed by atoms with E-state index in [1.165, 1.54) is 0 Å². The number of rotatable bonds is 9. The first-order chi connectivity index (χ1) is 7.81. The second kappa shape index (κ2) is 6.97. The zero-order valence-electron chi connectivity index (χ0n) is 11.6. The van der Waals surface area contributed by atoms with Crippen LogP contribution in [0, 0.1) is 10.8 Å². The number of hydrogen-bond acceptors (Lipinski definition) is 3. The highest BCUT2D eigenvalue weighted by molar-refractivity contribution is 5.67. The van der Waals surface area contributed by atoms with E-state index in [-0.39, 0.29) is 17.3 Å². The molecule has 2 unspecified atom stereocenters. The highest BCUT2D eigenvalue weighted by atomic mass is 16.5. The number of carboxylic acid groups (broad SMARTS) is 1. The second-order valence-corrected chi connectivity index (χ2v) is 5.60. The van der Waals surface area contributed by atoms with Crippen molar-refractivity contribution in [2.24, 2.45) is 16.6 Å². The Kier molecular flexibility index (Phi) is 6.72. The van der Waals surface area contributed by atoms with Crippen LogP contribution in [-0.4, -0.2) is 30.8 Å². The Balaban J connectivity index is 4.20. The van der Waals surface area contributed by atoms with Crippen molar-refractivity contribution in [3.8, 4) is 0 Å². The van der Waals surface area contributed by atoms with E-state index < -0.39 is 5.97 Å². The van der Waals surface area contributed by atoms with E-state index in [4.69, 9.17) is 15.6 Å². The van der Waals surface area contributed by atoms with Crippen molar-refractivity contribution in [1.29, 1.82) is 0 Å². The lowest BCUT2D eigenvalue weighted by molar-refractivity contribution is -0.141. The molecular formula is C13H27NO3. The number of aliphatic carboxylic acids is 1. The van der Waals surface area contributed by atoms with Crippen LogP contribution in [0.3, 0.4) is 0 Å². The minimum atomic E-state index is -0.768. The second-order valence-electron chi connectivity index (χ2n) is 5.60. The highest BCUT2D eigenvalue weighted by Crippen LogP contribution is 2.27. The summed E-state index contributed by atoms with van der Waals surface area (Å²) in [6.45, 7) is 9.78. The zero-order chi connectivity index (χ0) is 13.5. The molecule has 0 saturated carbocycles. The maximum atomic E-state index is 10.8. The van der Waals surface area contributed by atoms with E-state index in [1.54, 1.807) is 0 Å². The third kappa shape index (κ3) is 6.03. The quantitative estimate of drug-likeness (QED) is 0.653. The Morgan fingerprint density at radius 2 is 1.65 bits per heavy atom. The van der Waals surface area contributed by atoms with Crippen molar-refractivity contribution < 1.29 is 14.6 Å². The van der Waals surface area contributed by atoms with Gasteiger partial charge in [0.15, 0.2) is 0 Å². The van der Waals surface area contributed by atoms with Crippen molar-refractivity contribution in [3.63, 3.8) is 0 Å². The average Bonchev–Trinajstić information content (AvgIpc) is 2.28. The van der Waals surface area contributed by atoms with Crippen LogP contribution in [0.25, 0.3) is 0 Å². The van der Waals surface area contributed by atoms with Crippen LogP contribution in [-0.2, 0) is 9.53 Å². The Morgan fingerprint density at radius 3 is 2.00 bits per heavy atom. The lowest BCUT2D eigenvalue weighted by Crippen LogP contribution is -2.34. The van der Waals surface area contributed by atoms with Crippen LogP contribution < -0.4 is 5.73 Å². The molecule has 4 heteroatoms. The molecule has 0 rings (SSSR count). The molecule has 0 saturated heterocycles. The van der Waals surface area contributed by atoms with Gasteiger partial charge in [0.2, 0.25) is 0 Å². The summed E-state index contributed by atoms with van der Waals surface area (Å²) in [5.74, 6) is -0.768. The molecule has 0 aromatic carbocycles. The van der Waals surface area contributed by atoms with Gasteiger partial charge in [0.05, 0.1) is 19.6 Å². The van der Waals surface area contributed by atoms with Crippen molar-refractivity contribution in [1.82, 2.24) is 0 Å². The van der Waals surface area contributed by atoms with Gasteiger partial charge in [0.1, 0.15) is 0 Å². The molecule has 0 heterocycles. The van der Waals surface area contributed by atoms with Crippen LogP contribution in [0.5, 0.6) is 0 Å². The Bertz CT molecular complexity index is 239. The summed E-state index contributed by atoms with van der Waals surface area (Å²) in [6, 6.07) is 0. The normalized spacial score (nSPS) is 18.4. The largest absolute Gasteiger partial charge is 0.481 e. The molecule has 2 atom stereocenters. The lowest BCUT2D eigenvalue weighted by Gasteiger charge is -2.30. The predicted octanol–water partition coefficient (Wildman–Crippen LogP) is 2.27. The van der Waals surface area contributed by atoms with Crippen LogP contribution >= 0.6 is 0 Å². The molecule has 0 radical (unpaired) electrons. The molecule has 0 aliphatic rings. The molecule has 0 aromatic rings. The number of carbonyl (C=O) groups is 1. The Hall–Kier alpha value is -0.610. The van der Waals surface area contributed by atoms with Crippen molar-refractivity contribution >= 4 is 5.97 Å². The average molecular weight is 245 g/mol. The number of ether oxygens (including phenoxy) is 1. The molecule has 4 nitrogen and oxygen atoms in total. The maximum absolute atomic E-state index is 10.8. The van der Waals surface area contributed by atoms with Gasteiger partial charge in [-0.25, -0.2) is 0 Å². The van der Waals surface area contributed by atoms with Crippen molar-refractivity contribution in [2.75, 3.05) is 19.8 Å². The lowest BCUT2D eigenvalue weighted by atomic mass is 9.84. The van der Waals surface area contributed by atoms with Crippen molar-refractivity contribution in [3.05, 3.63) is 0 Å². The standard InChI is InChI=1S/C13H27NO3/c1-5-12(3,7-11(15)16)9-17-10-13(4,6-2)8-14/h5-10,14H2,1-4H3,(H,15,16). The minimum Gasteiger partial charge on any atom is -0.481 e. The van der Waals surface area contributed by atoms with E-state index in [9.17, 15) is 4.79 Å². The summed E-state index contributed by atoms with van der Waals surface area (Å²) in [5, 5.41) is 8.86. The molecule has 0 bridgehead atoms. The predicted molar refractivity (Wildman–Crippen MR) is 68.9 cm³/mol. The maximum Gasteiger partial charge on any atom is 0.303 e. The summed E-state index contributed by atoms with van der Waals surface area (Å²) in [7, 11) is 0. The summed E-state index contributed by atoms with van der Waals surface area (Å²) in [5.41, 5.74) is 5.42. The van der Waals surface area contributed by atoms with Gasteiger partial charge >= 0.3 is 5.97 Å². The van der Waals surface area contributed by atoms with E-state index in [1.807, 2.05) is 13.8 Å². The first-order valence-electron chi connectivity index (χ1n) is 6.30. The SMILES string of the molecule is CCC(C)(CN)COCC(C)(CC)CC(=O)O. The first-order valence-corrected chi connectivity index (χ1v) is 6.30. The molecule has 0 aliphatic carbocycles. The Labute approximate surface area is 105 Å². The molecule has 0 aliphatic heterocycles. The van der Waals surface area contributed by atoms with Gasteiger partial charge in [0, 0.05) is 10.8 Å². The van der Waals surface area contributed by atoms with Gasteiger partial charge in [-0.15, -0.1) is 0 Å². The van der Waals surface area contributed by atoms with Crippen LogP contribution in [0.15, 0.2) is 0 Å². The van der Waals surface area contributed by atoms with Gasteiger partial charge in [-0.05, 0) is 19.4 Å². The molecule has 0 amide bonds. The highest BCUT2D eigenvalue weighted by Gasteiger charge is 2.28. The monoisotopic (exact) mass is 245 g/mol. The third-order valence-electron chi connectivity index (χ3n) is 3.68. The topological polar surface area (TPSA) is 72.5 Å². The fourth-order valence-corrected chi connectivity index (χ4v) is 1.49. The van der Waals surface area contributed by atoms with Gasteiger partial charge in [-0.3, -0.25) is 4.79 Å². The molecule has 0 aromatic heterocycles. The van der Waals surface area contributed by atoms with E-state index in [0.717, 1.165) is 12.8 Å². The van der Waals surface area contributed by atoms with Gasteiger partial charge < -0.3 is 15.6 Å². The summed E-state index contributed by atoms with van der Waals surface area (Å²) < 4.78 is 5.69. The number of nitrogens with two attached hydrogens (primary N) is 1. The van der Waals surface area contributed by atoms with E-state index in [0.29, 0.717) is 19.8 Å². The fourth-order valence-electron chi connectivity index (χ4n) is 1.49. The van der Waals surface area contributed by atoms with Gasteiger partial charge in [0.25, 0.3) is 0 Å². The zero-order valence-corrected chi connectivity index (χ0v) is 11.6. The molecule has 0 spiro atoms. The van der Waals surface area contributed by atoms with Crippen LogP contribution in [0.1, 0.15) is 47.0 Å². The third-order valence-corrected chi connectivity index (χ3v) is 3.68.